The smallest absolute Gasteiger partial charge is 0.0278 e. The maximum Gasteiger partial charge on any atom is 0.0278 e. The van der Waals surface area contributed by atoms with E-state index in [1.807, 2.05) is 12.4 Å². The van der Waals surface area contributed by atoms with Crippen molar-refractivity contribution >= 4 is 0 Å². The maximum atomic E-state index is 4.15. The Morgan fingerprint density at radius 1 is 0.714 bits per heavy atom. The van der Waals surface area contributed by atoms with E-state index in [2.05, 4.69) is 77.8 Å². The molecule has 0 spiro atoms. The Labute approximate surface area is 125 Å². The van der Waals surface area contributed by atoms with E-state index in [0.717, 1.165) is 0 Å². The van der Waals surface area contributed by atoms with Crippen molar-refractivity contribution in [3.8, 4) is 0 Å². The molecule has 3 aromatic rings. The molecule has 0 radical (unpaired) electrons. The predicted molar refractivity (Wildman–Crippen MR) is 85.3 cm³/mol. The number of benzene rings is 2. The van der Waals surface area contributed by atoms with Gasteiger partial charge in [-0.15, -0.1) is 0 Å². The van der Waals surface area contributed by atoms with Crippen LogP contribution >= 0.6 is 0 Å². The molecule has 1 saturated carbocycles. The molecule has 0 saturated heterocycles. The van der Waals surface area contributed by atoms with Crippen LogP contribution < -0.4 is 0 Å². The first kappa shape index (κ1) is 12.3. The van der Waals surface area contributed by atoms with Crippen LogP contribution in [0, 0.1) is 0 Å². The molecule has 0 aliphatic heterocycles. The van der Waals surface area contributed by atoms with E-state index >= 15 is 0 Å². The molecule has 1 fully saturated rings. The Kier molecular flexibility index (Phi) is 2.85. The van der Waals surface area contributed by atoms with Crippen LogP contribution in [0.15, 0.2) is 85.2 Å². The molecule has 1 atom stereocenters. The van der Waals surface area contributed by atoms with Crippen molar-refractivity contribution in [1.82, 2.24) is 4.98 Å². The second kappa shape index (κ2) is 4.85. The van der Waals surface area contributed by atoms with Crippen molar-refractivity contribution in [2.45, 2.75) is 17.8 Å². The standard InChI is InChI=1S/C20H17N/c1-3-7-17(8-4-1)20(18-9-5-2-6-10-18)15-19(20)16-11-13-21-14-12-16/h1-14,19H,15H2. The van der Waals surface area contributed by atoms with Gasteiger partial charge in [-0.3, -0.25) is 4.98 Å². The van der Waals surface area contributed by atoms with Gasteiger partial charge in [0.05, 0.1) is 0 Å². The van der Waals surface area contributed by atoms with E-state index < -0.39 is 0 Å². The molecule has 1 unspecified atom stereocenters. The van der Waals surface area contributed by atoms with E-state index in [0.29, 0.717) is 5.92 Å². The highest BCUT2D eigenvalue weighted by Gasteiger charge is 2.56. The van der Waals surface area contributed by atoms with Crippen molar-refractivity contribution in [2.24, 2.45) is 0 Å². The van der Waals surface area contributed by atoms with E-state index in [-0.39, 0.29) is 5.41 Å². The minimum absolute atomic E-state index is 0.129. The fraction of sp³-hybridized carbons (Fsp3) is 0.150. The predicted octanol–water partition coefficient (Wildman–Crippen LogP) is 4.56. The van der Waals surface area contributed by atoms with Gasteiger partial charge in [-0.25, -0.2) is 0 Å². The summed E-state index contributed by atoms with van der Waals surface area (Å²) in [7, 11) is 0. The van der Waals surface area contributed by atoms with Gasteiger partial charge in [-0.05, 0) is 41.2 Å². The van der Waals surface area contributed by atoms with E-state index in [4.69, 9.17) is 0 Å². The lowest BCUT2D eigenvalue weighted by Gasteiger charge is -2.19. The fourth-order valence-electron chi connectivity index (χ4n) is 3.54. The van der Waals surface area contributed by atoms with Crippen LogP contribution in [-0.2, 0) is 5.41 Å². The van der Waals surface area contributed by atoms with Crippen LogP contribution in [0.1, 0.15) is 29.0 Å². The average Bonchev–Trinajstić information content (AvgIpc) is 3.34. The van der Waals surface area contributed by atoms with Gasteiger partial charge in [0.15, 0.2) is 0 Å². The molecule has 1 aliphatic rings. The lowest BCUT2D eigenvalue weighted by molar-refractivity contribution is 0.802. The number of hydrogen-bond acceptors (Lipinski definition) is 1. The molecular weight excluding hydrogens is 254 g/mol. The molecule has 1 heterocycles. The fourth-order valence-corrected chi connectivity index (χ4v) is 3.54. The van der Waals surface area contributed by atoms with Gasteiger partial charge in [0.25, 0.3) is 0 Å². The Morgan fingerprint density at radius 2 is 1.24 bits per heavy atom. The maximum absolute atomic E-state index is 4.15. The third-order valence-electron chi connectivity index (χ3n) is 4.65. The highest BCUT2D eigenvalue weighted by atomic mass is 14.6. The van der Waals surface area contributed by atoms with Crippen LogP contribution in [0.25, 0.3) is 0 Å². The SMILES string of the molecule is c1ccc(C2(c3ccccc3)CC2c2ccncc2)cc1. The highest BCUT2D eigenvalue weighted by molar-refractivity contribution is 5.52. The molecule has 0 N–H and O–H groups in total. The van der Waals surface area contributed by atoms with Crippen LogP contribution in [0.4, 0.5) is 0 Å². The first-order valence-electron chi connectivity index (χ1n) is 7.42. The van der Waals surface area contributed by atoms with Gasteiger partial charge in [-0.2, -0.15) is 0 Å². The second-order valence-corrected chi connectivity index (χ2v) is 5.74. The number of hydrogen-bond donors (Lipinski definition) is 0. The van der Waals surface area contributed by atoms with Crippen LogP contribution in [0.3, 0.4) is 0 Å². The lowest BCUT2D eigenvalue weighted by atomic mass is 9.84. The van der Waals surface area contributed by atoms with E-state index in [9.17, 15) is 0 Å². The van der Waals surface area contributed by atoms with Crippen molar-refractivity contribution in [3.63, 3.8) is 0 Å². The molecule has 102 valence electrons. The number of aromatic nitrogens is 1. The summed E-state index contributed by atoms with van der Waals surface area (Å²) >= 11 is 0. The van der Waals surface area contributed by atoms with E-state index in [1.54, 1.807) is 0 Å². The molecular formula is C20H17N. The summed E-state index contributed by atoms with van der Waals surface area (Å²) < 4.78 is 0. The summed E-state index contributed by atoms with van der Waals surface area (Å²) in [5, 5.41) is 0. The van der Waals surface area contributed by atoms with E-state index in [1.165, 1.54) is 23.1 Å². The number of rotatable bonds is 3. The van der Waals surface area contributed by atoms with Gasteiger partial charge in [0, 0.05) is 17.8 Å². The summed E-state index contributed by atoms with van der Waals surface area (Å²) in [6, 6.07) is 26.1. The zero-order valence-corrected chi connectivity index (χ0v) is 11.8. The minimum atomic E-state index is 0.129. The summed E-state index contributed by atoms with van der Waals surface area (Å²) in [6.07, 6.45) is 4.97. The zero-order valence-electron chi connectivity index (χ0n) is 11.8. The quantitative estimate of drug-likeness (QED) is 0.680. The topological polar surface area (TPSA) is 12.9 Å². The molecule has 4 rings (SSSR count). The molecule has 21 heavy (non-hydrogen) atoms. The summed E-state index contributed by atoms with van der Waals surface area (Å²) in [5.74, 6) is 0.547. The molecule has 1 heteroatoms. The second-order valence-electron chi connectivity index (χ2n) is 5.74. The first-order chi connectivity index (χ1) is 10.4. The summed E-state index contributed by atoms with van der Waals surface area (Å²) in [6.45, 7) is 0. The van der Waals surface area contributed by atoms with Gasteiger partial charge in [0.2, 0.25) is 0 Å². The lowest BCUT2D eigenvalue weighted by Crippen LogP contribution is -2.11. The molecule has 1 nitrogen and oxygen atoms in total. The molecule has 1 aromatic heterocycles. The van der Waals surface area contributed by atoms with Crippen molar-refractivity contribution in [3.05, 3.63) is 102 Å². The largest absolute Gasteiger partial charge is 0.265 e. The van der Waals surface area contributed by atoms with Crippen LogP contribution in [0.5, 0.6) is 0 Å². The average molecular weight is 271 g/mol. The van der Waals surface area contributed by atoms with Gasteiger partial charge < -0.3 is 0 Å². The zero-order chi connectivity index (χ0) is 14.1. The normalized spacial score (nSPS) is 19.1. The van der Waals surface area contributed by atoms with Gasteiger partial charge in [-0.1, -0.05) is 60.7 Å². The summed E-state index contributed by atoms with van der Waals surface area (Å²) in [5.41, 5.74) is 4.35. The van der Waals surface area contributed by atoms with Gasteiger partial charge in [0.1, 0.15) is 0 Å². The third kappa shape index (κ3) is 1.97. The monoisotopic (exact) mass is 271 g/mol. The Morgan fingerprint density at radius 3 is 1.76 bits per heavy atom. The first-order valence-corrected chi connectivity index (χ1v) is 7.42. The Hall–Kier alpha value is -2.41. The molecule has 0 bridgehead atoms. The molecule has 1 aliphatic carbocycles. The molecule has 0 amide bonds. The van der Waals surface area contributed by atoms with Crippen molar-refractivity contribution in [2.75, 3.05) is 0 Å². The molecule has 2 aromatic carbocycles. The van der Waals surface area contributed by atoms with Gasteiger partial charge >= 0.3 is 0 Å². The van der Waals surface area contributed by atoms with Crippen molar-refractivity contribution < 1.29 is 0 Å². The Balaban J connectivity index is 1.83. The highest BCUT2D eigenvalue weighted by Crippen LogP contribution is 2.64. The number of nitrogens with zero attached hydrogens (tertiary/aromatic N) is 1. The van der Waals surface area contributed by atoms with Crippen LogP contribution in [-0.4, -0.2) is 4.98 Å². The minimum Gasteiger partial charge on any atom is -0.265 e. The Bertz CT molecular complexity index is 680. The van der Waals surface area contributed by atoms with Crippen LogP contribution in [0.2, 0.25) is 0 Å². The van der Waals surface area contributed by atoms with Crippen molar-refractivity contribution in [1.29, 1.82) is 0 Å². The summed E-state index contributed by atoms with van der Waals surface area (Å²) in [4.78, 5) is 4.15. The number of pyridine rings is 1. The third-order valence-corrected chi connectivity index (χ3v) is 4.65.